The van der Waals surface area contributed by atoms with Crippen LogP contribution in [0.15, 0.2) is 24.3 Å². The van der Waals surface area contributed by atoms with Gasteiger partial charge in [-0.2, -0.15) is 0 Å². The molecule has 8 rings (SSSR count). The van der Waals surface area contributed by atoms with E-state index < -0.39 is 43.7 Å². The third-order valence-corrected chi connectivity index (χ3v) is 12.0. The van der Waals surface area contributed by atoms with E-state index in [-0.39, 0.29) is 52.1 Å². The van der Waals surface area contributed by atoms with E-state index in [2.05, 4.69) is 55.1 Å². The topological polar surface area (TPSA) is 242 Å². The fourth-order valence-electron chi connectivity index (χ4n) is 8.23. The molecule has 4 aliphatic rings. The number of hydrogen-bond acceptors (Lipinski definition) is 20. The standard InChI is InChI=1S/C14H20N2O3.C12H14F2N2O3.2C12H16N2O3/c1-14(2)5-6-15-12-10(14)7-9(8-17)11(16-12)13(18-3)19-4;1-18-11(19-2)9-7(6-17)5-8-10(16-9)15-4-3-12(8,13)14;2*1-16-12(17-2)10-9(7-15)6-8-4-3-5-13-11(8)14-10/h7-8,13H,5-6H2,1-4H3,(H,15,16);5-6,11H,3-4H2,1-2H3,(H,15,16);2*6-7,12H,3-5H2,1-2H3,(H,13,14)/i;;7D;4D2. The minimum atomic E-state index is -2.99. The Kier molecular flexibility index (Phi) is 19.4. The highest BCUT2D eigenvalue weighted by molar-refractivity contribution is 5.80. The molecule has 22 heteroatoms. The second kappa shape index (κ2) is 26.6. The van der Waals surface area contributed by atoms with Crippen LogP contribution in [0.2, 0.25) is 0 Å². The number of methoxy groups -OCH3 is 8. The van der Waals surface area contributed by atoms with E-state index in [0.717, 1.165) is 67.5 Å². The number of nitrogens with one attached hydrogen (secondary N) is 4. The summed E-state index contributed by atoms with van der Waals surface area (Å²) in [5.41, 5.74) is 4.66. The summed E-state index contributed by atoms with van der Waals surface area (Å²) in [4.78, 5) is 62.1. The number of nitrogens with zero attached hydrogens (tertiary/aromatic N) is 4. The lowest BCUT2D eigenvalue weighted by atomic mass is 9.79. The molecule has 0 aliphatic carbocycles. The molecule has 4 N–H and O–H groups in total. The molecule has 4 aliphatic heterocycles. The molecule has 0 atom stereocenters. The van der Waals surface area contributed by atoms with E-state index >= 15 is 0 Å². The maximum absolute atomic E-state index is 13.8. The summed E-state index contributed by atoms with van der Waals surface area (Å²) in [7, 11) is 11.7. The van der Waals surface area contributed by atoms with Gasteiger partial charge in [0, 0.05) is 120 Å². The van der Waals surface area contributed by atoms with Crippen LogP contribution >= 0.6 is 0 Å². The number of halogens is 2. The van der Waals surface area contributed by atoms with Gasteiger partial charge in [-0.15, -0.1) is 0 Å². The molecule has 72 heavy (non-hydrogen) atoms. The molecular formula is C50H66F2N8O12. The van der Waals surface area contributed by atoms with Gasteiger partial charge < -0.3 is 59.2 Å². The molecule has 0 fully saturated rings. The van der Waals surface area contributed by atoms with Crippen molar-refractivity contribution in [2.75, 3.05) is 104 Å². The normalized spacial score (nSPS) is 17.0. The number of anilines is 4. The second-order valence-corrected chi connectivity index (χ2v) is 17.0. The van der Waals surface area contributed by atoms with Gasteiger partial charge in [-0.1, -0.05) is 13.8 Å². The van der Waals surface area contributed by atoms with Crippen molar-refractivity contribution in [2.45, 2.75) is 88.8 Å². The highest BCUT2D eigenvalue weighted by Gasteiger charge is 2.39. The van der Waals surface area contributed by atoms with Crippen molar-refractivity contribution < 1.29 is 70.0 Å². The first-order valence-corrected chi connectivity index (χ1v) is 22.9. The molecular weight excluding hydrogens is 943 g/mol. The van der Waals surface area contributed by atoms with Crippen molar-refractivity contribution in [2.24, 2.45) is 0 Å². The number of hydrogen-bond donors (Lipinski definition) is 4. The molecule has 0 aromatic carbocycles. The second-order valence-electron chi connectivity index (χ2n) is 17.0. The molecule has 0 saturated carbocycles. The first-order chi connectivity index (χ1) is 35.8. The SMILES string of the molecule is COC(OC)c1nc2c(cc1C=O)C(C)(C)CCN2.COC(OC)c1nc2c(cc1C=O)C(F)(F)CCN2.[2H]C(=O)c1cc2c(nc1C(OC)OC)NCCC2.[2H]C1([2H])CCNc2nc(C(OC)OC)c(C=O)cc21. The number of carbonyl (C=O) groups is 4. The Morgan fingerprint density at radius 3 is 1.38 bits per heavy atom. The average Bonchev–Trinajstić information content (AvgIpc) is 3.39. The van der Waals surface area contributed by atoms with E-state index in [1.54, 1.807) is 6.07 Å². The maximum Gasteiger partial charge on any atom is 0.278 e. The van der Waals surface area contributed by atoms with Crippen LogP contribution < -0.4 is 21.3 Å². The predicted molar refractivity (Wildman–Crippen MR) is 262 cm³/mol. The van der Waals surface area contributed by atoms with Gasteiger partial charge in [0.05, 0.1) is 5.56 Å². The molecule has 8 heterocycles. The van der Waals surface area contributed by atoms with E-state index in [1.165, 1.54) is 62.9 Å². The molecule has 20 nitrogen and oxygen atoms in total. The molecule has 0 radical (unpaired) electrons. The highest BCUT2D eigenvalue weighted by Crippen LogP contribution is 2.41. The summed E-state index contributed by atoms with van der Waals surface area (Å²) in [5.74, 6) is -0.914. The summed E-state index contributed by atoms with van der Waals surface area (Å²) in [6, 6.07) is 6.26. The van der Waals surface area contributed by atoms with Crippen LogP contribution in [0.5, 0.6) is 0 Å². The first kappa shape index (κ1) is 52.3. The van der Waals surface area contributed by atoms with E-state index in [0.29, 0.717) is 59.6 Å². The number of fused-ring (bicyclic) bond motifs is 4. The Labute approximate surface area is 422 Å². The Morgan fingerprint density at radius 1 is 0.528 bits per heavy atom. The van der Waals surface area contributed by atoms with Crippen molar-refractivity contribution in [1.29, 1.82) is 0 Å². The summed E-state index contributed by atoms with van der Waals surface area (Å²) in [6.45, 7) is 6.67. The van der Waals surface area contributed by atoms with Gasteiger partial charge in [0.15, 0.2) is 25.1 Å². The number of rotatable bonds is 16. The molecule has 0 saturated heterocycles. The van der Waals surface area contributed by atoms with Gasteiger partial charge in [0.25, 0.3) is 5.92 Å². The van der Waals surface area contributed by atoms with Gasteiger partial charge >= 0.3 is 0 Å². The number of carbonyl (C=O) groups excluding carboxylic acids is 4. The first-order valence-electron chi connectivity index (χ1n) is 24.4. The van der Waals surface area contributed by atoms with Crippen LogP contribution in [0.3, 0.4) is 0 Å². The monoisotopic (exact) mass is 1010 g/mol. The van der Waals surface area contributed by atoms with Crippen LogP contribution in [0.1, 0.15) is 155 Å². The van der Waals surface area contributed by atoms with Crippen molar-refractivity contribution in [3.63, 3.8) is 0 Å². The number of aryl methyl sites for hydroxylation is 2. The van der Waals surface area contributed by atoms with E-state index in [9.17, 15) is 28.0 Å². The molecule has 4 aromatic rings. The van der Waals surface area contributed by atoms with Crippen LogP contribution in [0.4, 0.5) is 32.1 Å². The third-order valence-electron chi connectivity index (χ3n) is 12.0. The van der Waals surface area contributed by atoms with Crippen molar-refractivity contribution in [1.82, 2.24) is 19.9 Å². The van der Waals surface area contributed by atoms with Crippen LogP contribution in [-0.2, 0) is 62.0 Å². The summed E-state index contributed by atoms with van der Waals surface area (Å²) >= 11 is 0. The van der Waals surface area contributed by atoms with Crippen LogP contribution in [0.25, 0.3) is 0 Å². The molecule has 0 spiro atoms. The fourth-order valence-corrected chi connectivity index (χ4v) is 8.23. The summed E-state index contributed by atoms with van der Waals surface area (Å²) < 4.78 is 91.6. The number of alkyl halides is 2. The summed E-state index contributed by atoms with van der Waals surface area (Å²) in [5, 5.41) is 12.3. The quantitative estimate of drug-likeness (QED) is 0.0629. The van der Waals surface area contributed by atoms with Crippen LogP contribution in [0, 0.1) is 0 Å². The van der Waals surface area contributed by atoms with E-state index in [4.69, 9.17) is 42.0 Å². The molecule has 392 valence electrons. The molecule has 0 bridgehead atoms. The lowest BCUT2D eigenvalue weighted by Gasteiger charge is -2.33. The highest BCUT2D eigenvalue weighted by atomic mass is 19.3. The van der Waals surface area contributed by atoms with Gasteiger partial charge in [0.2, 0.25) is 25.2 Å². The molecule has 0 unspecified atom stereocenters. The Hall–Kier alpha value is -5.98. The number of ether oxygens (including phenoxy) is 8. The summed E-state index contributed by atoms with van der Waals surface area (Å²) in [6.07, 6.45) is -0.438. The Balaban J connectivity index is 0.000000185. The number of aldehydes is 4. The van der Waals surface area contributed by atoms with Crippen molar-refractivity contribution in [3.8, 4) is 0 Å². The van der Waals surface area contributed by atoms with Crippen molar-refractivity contribution >= 4 is 48.4 Å². The zero-order valence-electron chi connectivity index (χ0n) is 45.2. The minimum Gasteiger partial charge on any atom is -0.370 e. The maximum atomic E-state index is 13.8. The third kappa shape index (κ3) is 13.3. The smallest absolute Gasteiger partial charge is 0.278 e. The van der Waals surface area contributed by atoms with Gasteiger partial charge in [-0.3, -0.25) is 19.2 Å². The molecule has 0 amide bonds. The van der Waals surface area contributed by atoms with Gasteiger partial charge in [-0.05, 0) is 72.9 Å². The lowest BCUT2D eigenvalue weighted by Crippen LogP contribution is -2.30. The Bertz CT molecular complexity index is 2430. The molecule has 4 aromatic heterocycles. The van der Waals surface area contributed by atoms with Crippen LogP contribution in [-0.4, -0.2) is 128 Å². The fraction of sp³-hybridized carbons (Fsp3) is 0.520. The van der Waals surface area contributed by atoms with Gasteiger partial charge in [-0.25, -0.2) is 28.7 Å². The number of pyridine rings is 4. The minimum absolute atomic E-state index is 0.0134. The Morgan fingerprint density at radius 2 is 0.903 bits per heavy atom. The lowest BCUT2D eigenvalue weighted by molar-refractivity contribution is -0.109. The average molecular weight is 1010 g/mol. The predicted octanol–water partition coefficient (Wildman–Crippen LogP) is 7.46. The number of aromatic nitrogens is 4. The van der Waals surface area contributed by atoms with Crippen molar-refractivity contribution in [3.05, 3.63) is 91.5 Å². The largest absolute Gasteiger partial charge is 0.370 e. The van der Waals surface area contributed by atoms with E-state index in [1.807, 2.05) is 6.07 Å². The zero-order valence-corrected chi connectivity index (χ0v) is 42.2. The zero-order chi connectivity index (χ0) is 55.3. The van der Waals surface area contributed by atoms with Gasteiger partial charge in [0.1, 0.15) is 47.4 Å².